The maximum absolute atomic E-state index is 4.10. The summed E-state index contributed by atoms with van der Waals surface area (Å²) in [5.41, 5.74) is 6.59. The van der Waals surface area contributed by atoms with Crippen LogP contribution in [0.25, 0.3) is 0 Å². The van der Waals surface area contributed by atoms with E-state index >= 15 is 0 Å². The molecule has 4 aliphatic carbocycles. The predicted octanol–water partition coefficient (Wildman–Crippen LogP) is 6.91. The largest absolute Gasteiger partial charge is 0.0759 e. The molecule has 0 radical (unpaired) electrons. The fourth-order valence-corrected chi connectivity index (χ4v) is 6.24. The molecule has 4 aliphatic rings. The number of hydrogen-bond donors (Lipinski definition) is 0. The summed E-state index contributed by atoms with van der Waals surface area (Å²) in [6.07, 6.45) is 22.6. The molecule has 0 aromatic carbocycles. The molecule has 4 rings (SSSR count). The van der Waals surface area contributed by atoms with Crippen molar-refractivity contribution in [3.8, 4) is 0 Å². The van der Waals surface area contributed by atoms with Crippen molar-refractivity contribution in [2.45, 2.75) is 72.9 Å². The van der Waals surface area contributed by atoms with Crippen molar-refractivity contribution < 1.29 is 0 Å². The highest BCUT2D eigenvalue weighted by Crippen LogP contribution is 2.51. The van der Waals surface area contributed by atoms with Gasteiger partial charge in [0.05, 0.1) is 8.65 Å². The second kappa shape index (κ2) is 5.77. The summed E-state index contributed by atoms with van der Waals surface area (Å²) in [4.78, 5) is 0. The zero-order valence-corrected chi connectivity index (χ0v) is 16.3. The van der Waals surface area contributed by atoms with Gasteiger partial charge in [0, 0.05) is 0 Å². The molecule has 0 saturated carbocycles. The first kappa shape index (κ1) is 15.4. The van der Waals surface area contributed by atoms with Gasteiger partial charge in [0.1, 0.15) is 0 Å². The molecule has 0 spiro atoms. The van der Waals surface area contributed by atoms with Gasteiger partial charge in [0.15, 0.2) is 0 Å². The average Bonchev–Trinajstić information content (AvgIpc) is 3.07. The Morgan fingerprint density at radius 2 is 1.09 bits per heavy atom. The van der Waals surface area contributed by atoms with E-state index in [0.29, 0.717) is 0 Å². The average molecular weight is 424 g/mol. The van der Waals surface area contributed by atoms with Crippen LogP contribution in [0.2, 0.25) is 0 Å². The zero-order valence-electron chi connectivity index (χ0n) is 13.1. The number of rotatable bonds is 3. The quantitative estimate of drug-likeness (QED) is 0.432. The van der Waals surface area contributed by atoms with E-state index in [0.717, 1.165) is 0 Å². The van der Waals surface area contributed by atoms with Crippen molar-refractivity contribution >= 4 is 31.9 Å². The van der Waals surface area contributed by atoms with Crippen molar-refractivity contribution in [2.75, 3.05) is 0 Å². The molecule has 0 aromatic rings. The summed E-state index contributed by atoms with van der Waals surface area (Å²) >= 11 is 8.20. The van der Waals surface area contributed by atoms with Crippen LogP contribution in [0, 0.1) is 0 Å². The van der Waals surface area contributed by atoms with Crippen LogP contribution in [-0.2, 0) is 0 Å². The lowest BCUT2D eigenvalue weighted by molar-refractivity contribution is 0.571. The van der Waals surface area contributed by atoms with E-state index in [1.165, 1.54) is 64.2 Å². The van der Waals surface area contributed by atoms with Gasteiger partial charge in [-0.3, -0.25) is 0 Å². The Morgan fingerprint density at radius 3 is 1.55 bits per heavy atom. The number of halogens is 2. The molecule has 0 fully saturated rings. The number of hydrogen-bond acceptors (Lipinski definition) is 0. The topological polar surface area (TPSA) is 0 Å². The van der Waals surface area contributed by atoms with E-state index in [2.05, 4.69) is 56.2 Å². The van der Waals surface area contributed by atoms with E-state index in [1.807, 2.05) is 0 Å². The van der Waals surface area contributed by atoms with Gasteiger partial charge < -0.3 is 0 Å². The Hall–Kier alpha value is -0.0800. The molecule has 0 nitrogen and oxygen atoms in total. The lowest BCUT2D eigenvalue weighted by Crippen LogP contribution is -2.27. The summed E-state index contributed by atoms with van der Waals surface area (Å²) < 4.78 is 0.269. The van der Waals surface area contributed by atoms with Gasteiger partial charge in [-0.25, -0.2) is 0 Å². The van der Waals surface area contributed by atoms with Crippen LogP contribution in [-0.4, -0.2) is 8.65 Å². The molecular weight excluding hydrogens is 400 g/mol. The van der Waals surface area contributed by atoms with Crippen LogP contribution >= 0.6 is 31.9 Å². The standard InChI is InChI=1S/C20H24Br2/c21-19(11-9-15-5-1-3-7-17(15)19)13-14-20(22)12-10-16-6-2-4-8-18(16)20/h9-12H,1-8,13-14H2. The van der Waals surface area contributed by atoms with Gasteiger partial charge in [-0.2, -0.15) is 0 Å². The summed E-state index contributed by atoms with van der Waals surface area (Å²) in [6, 6.07) is 0. The highest BCUT2D eigenvalue weighted by Gasteiger charge is 2.40. The molecule has 2 unspecified atom stereocenters. The van der Waals surface area contributed by atoms with E-state index in [4.69, 9.17) is 0 Å². The molecule has 0 bridgehead atoms. The first-order chi connectivity index (χ1) is 10.6. The highest BCUT2D eigenvalue weighted by atomic mass is 79.9. The van der Waals surface area contributed by atoms with Gasteiger partial charge >= 0.3 is 0 Å². The lowest BCUT2D eigenvalue weighted by Gasteiger charge is -2.33. The summed E-state index contributed by atoms with van der Waals surface area (Å²) in [5.74, 6) is 0. The van der Waals surface area contributed by atoms with Gasteiger partial charge in [-0.15, -0.1) is 0 Å². The van der Waals surface area contributed by atoms with Crippen LogP contribution in [0.15, 0.2) is 46.6 Å². The maximum Gasteiger partial charge on any atom is 0.0655 e. The first-order valence-electron chi connectivity index (χ1n) is 8.82. The fourth-order valence-electron chi connectivity index (χ4n) is 4.67. The minimum atomic E-state index is 0.134. The second-order valence-electron chi connectivity index (χ2n) is 7.31. The fraction of sp³-hybridized carbons (Fsp3) is 0.600. The maximum atomic E-state index is 4.10. The van der Waals surface area contributed by atoms with Crippen LogP contribution in [0.3, 0.4) is 0 Å². The summed E-state index contributed by atoms with van der Waals surface area (Å²) in [7, 11) is 0. The molecule has 22 heavy (non-hydrogen) atoms. The molecule has 2 atom stereocenters. The second-order valence-corrected chi connectivity index (χ2v) is 10.1. The smallest absolute Gasteiger partial charge is 0.0655 e. The molecule has 2 heteroatoms. The van der Waals surface area contributed by atoms with Crippen LogP contribution < -0.4 is 0 Å². The third-order valence-electron chi connectivity index (χ3n) is 5.97. The highest BCUT2D eigenvalue weighted by molar-refractivity contribution is 9.10. The Balaban J connectivity index is 1.51. The summed E-state index contributed by atoms with van der Waals surface area (Å²) in [6.45, 7) is 0. The normalized spacial score (nSPS) is 37.0. The van der Waals surface area contributed by atoms with Crippen LogP contribution in [0.1, 0.15) is 64.2 Å². The van der Waals surface area contributed by atoms with E-state index in [-0.39, 0.29) is 8.65 Å². The summed E-state index contributed by atoms with van der Waals surface area (Å²) in [5, 5.41) is 0. The Labute approximate surface area is 151 Å². The van der Waals surface area contributed by atoms with E-state index < -0.39 is 0 Å². The Morgan fingerprint density at radius 1 is 0.682 bits per heavy atom. The van der Waals surface area contributed by atoms with Gasteiger partial charge in [0.2, 0.25) is 0 Å². The third-order valence-corrected chi connectivity index (χ3v) is 8.25. The molecule has 0 aromatic heterocycles. The predicted molar refractivity (Wildman–Crippen MR) is 102 cm³/mol. The van der Waals surface area contributed by atoms with E-state index in [9.17, 15) is 0 Å². The molecule has 0 saturated heterocycles. The molecule has 0 N–H and O–H groups in total. The van der Waals surface area contributed by atoms with Crippen LogP contribution in [0.5, 0.6) is 0 Å². The van der Waals surface area contributed by atoms with Gasteiger partial charge in [-0.1, -0.05) is 56.2 Å². The third kappa shape index (κ3) is 2.55. The SMILES string of the molecule is BrC1(CCC2(Br)C=CC3=C2CCCC3)C=CC2=C1CCCC2. The Kier molecular flexibility index (Phi) is 4.05. The zero-order chi connectivity index (χ0) is 15.2. The van der Waals surface area contributed by atoms with Gasteiger partial charge in [0.25, 0.3) is 0 Å². The van der Waals surface area contributed by atoms with Crippen molar-refractivity contribution in [1.29, 1.82) is 0 Å². The van der Waals surface area contributed by atoms with Gasteiger partial charge in [-0.05, 0) is 86.5 Å². The van der Waals surface area contributed by atoms with Crippen LogP contribution in [0.4, 0.5) is 0 Å². The molecular formula is C20H24Br2. The Bertz CT molecular complexity index is 553. The lowest BCUT2D eigenvalue weighted by atomic mass is 9.82. The molecule has 0 amide bonds. The minimum absolute atomic E-state index is 0.134. The van der Waals surface area contributed by atoms with Crippen molar-refractivity contribution in [2.24, 2.45) is 0 Å². The van der Waals surface area contributed by atoms with Crippen molar-refractivity contribution in [3.63, 3.8) is 0 Å². The molecule has 118 valence electrons. The minimum Gasteiger partial charge on any atom is -0.0759 e. The molecule has 0 heterocycles. The number of alkyl halides is 2. The van der Waals surface area contributed by atoms with Crippen molar-refractivity contribution in [1.82, 2.24) is 0 Å². The van der Waals surface area contributed by atoms with Crippen molar-refractivity contribution in [3.05, 3.63) is 46.6 Å². The first-order valence-corrected chi connectivity index (χ1v) is 10.4. The van der Waals surface area contributed by atoms with E-state index in [1.54, 1.807) is 22.3 Å². The number of allylic oxidation sites excluding steroid dienone is 8. The monoisotopic (exact) mass is 422 g/mol. The molecule has 0 aliphatic heterocycles.